The predicted octanol–water partition coefficient (Wildman–Crippen LogP) is 8.21. The van der Waals surface area contributed by atoms with Crippen molar-refractivity contribution in [3.05, 3.63) is 117 Å². The van der Waals surface area contributed by atoms with Crippen LogP contribution in [0.3, 0.4) is 0 Å². The van der Waals surface area contributed by atoms with Crippen LogP contribution in [0.5, 0.6) is 11.5 Å². The molecule has 0 heterocycles. The molecule has 0 fully saturated rings. The Balaban J connectivity index is 0.00000271. The maximum atomic E-state index is 14.1. The van der Waals surface area contributed by atoms with Crippen molar-refractivity contribution < 1.29 is 65.5 Å². The number of aliphatic hydroxyl groups is 2. The molecule has 9 nitrogen and oxygen atoms in total. The molecule has 4 aromatic rings. The lowest BCUT2D eigenvalue weighted by atomic mass is 9.92. The zero-order valence-corrected chi connectivity index (χ0v) is 30.9. The van der Waals surface area contributed by atoms with Crippen LogP contribution in [0.1, 0.15) is 70.7 Å². The molecular weight excluding hydrogens is 748 g/mol. The molecule has 4 rings (SSSR count). The van der Waals surface area contributed by atoms with E-state index in [2.05, 4.69) is 5.32 Å². The maximum Gasteiger partial charge on any atom is 0.419 e. The molecule has 0 aliphatic carbocycles. The minimum atomic E-state index is -4.73. The van der Waals surface area contributed by atoms with Crippen LogP contribution in [0.25, 0.3) is 11.1 Å². The second kappa shape index (κ2) is 20.6. The Labute approximate surface area is 319 Å². The SMILES string of the molecule is Cc1c(COc2ccc(CCC[C@H](C)O)cc2C(F)(F)F)cccc1-c1cccc(COc2ccc(CNC[C@@H](O)CC(=O)O)cc2C(F)(F)F)c1C.O=C=O. The normalized spacial score (nSPS) is 12.6. The van der Waals surface area contributed by atoms with Gasteiger partial charge in [-0.1, -0.05) is 48.5 Å². The molecule has 0 bridgehead atoms. The third-order valence-corrected chi connectivity index (χ3v) is 8.85. The zero-order chi connectivity index (χ0) is 41.6. The van der Waals surface area contributed by atoms with Gasteiger partial charge in [-0.05, 0) is 109 Å². The van der Waals surface area contributed by atoms with Gasteiger partial charge in [0.25, 0.3) is 0 Å². The van der Waals surface area contributed by atoms with E-state index >= 15 is 0 Å². The number of carbonyl (C=O) groups is 1. The number of benzene rings is 4. The minimum absolute atomic E-state index is 0.0357. The van der Waals surface area contributed by atoms with Gasteiger partial charge in [0, 0.05) is 13.1 Å². The van der Waals surface area contributed by atoms with Gasteiger partial charge in [0.1, 0.15) is 24.7 Å². The maximum absolute atomic E-state index is 14.1. The Morgan fingerprint density at radius 3 is 1.68 bits per heavy atom. The number of aryl methyl sites for hydroxylation is 1. The number of carboxylic acids is 1. The number of carbonyl (C=O) groups excluding carboxylic acids is 2. The van der Waals surface area contributed by atoms with Gasteiger partial charge in [-0.25, -0.2) is 0 Å². The molecule has 0 saturated carbocycles. The molecule has 0 radical (unpaired) electrons. The smallest absolute Gasteiger partial charge is 0.419 e. The molecule has 15 heteroatoms. The molecule has 4 N–H and O–H groups in total. The van der Waals surface area contributed by atoms with E-state index in [1.807, 2.05) is 26.0 Å². The molecule has 0 unspecified atom stereocenters. The molecule has 56 heavy (non-hydrogen) atoms. The first-order valence-electron chi connectivity index (χ1n) is 17.5. The van der Waals surface area contributed by atoms with Crippen LogP contribution < -0.4 is 14.8 Å². The third-order valence-electron chi connectivity index (χ3n) is 8.85. The van der Waals surface area contributed by atoms with Gasteiger partial charge < -0.3 is 30.1 Å². The number of carboxylic acid groups (broad SMARTS) is 1. The predicted molar refractivity (Wildman–Crippen MR) is 192 cm³/mol. The largest absolute Gasteiger partial charge is 0.488 e. The Kier molecular flexibility index (Phi) is 16.6. The first-order valence-corrected chi connectivity index (χ1v) is 17.5. The summed E-state index contributed by atoms with van der Waals surface area (Å²) in [7, 11) is 0. The summed E-state index contributed by atoms with van der Waals surface area (Å²) in [6.45, 7) is 4.80. The molecule has 302 valence electrons. The van der Waals surface area contributed by atoms with Crippen LogP contribution in [-0.4, -0.2) is 46.2 Å². The lowest BCUT2D eigenvalue weighted by Crippen LogP contribution is -2.28. The van der Waals surface area contributed by atoms with E-state index in [0.29, 0.717) is 36.0 Å². The molecule has 0 aromatic heterocycles. The average Bonchev–Trinajstić information content (AvgIpc) is 3.10. The summed E-state index contributed by atoms with van der Waals surface area (Å²) in [6, 6.07) is 18.3. The molecule has 0 aliphatic heterocycles. The van der Waals surface area contributed by atoms with Crippen LogP contribution >= 0.6 is 0 Å². The van der Waals surface area contributed by atoms with E-state index in [1.54, 1.807) is 37.3 Å². The van der Waals surface area contributed by atoms with Gasteiger partial charge >= 0.3 is 24.5 Å². The number of aliphatic hydroxyl groups excluding tert-OH is 2. The lowest BCUT2D eigenvalue weighted by molar-refractivity contribution is -0.191. The van der Waals surface area contributed by atoms with Crippen LogP contribution in [-0.2, 0) is 52.9 Å². The highest BCUT2D eigenvalue weighted by Gasteiger charge is 2.36. The second-order valence-electron chi connectivity index (χ2n) is 13.1. The Morgan fingerprint density at radius 1 is 0.768 bits per heavy atom. The van der Waals surface area contributed by atoms with E-state index in [4.69, 9.17) is 24.2 Å². The highest BCUT2D eigenvalue weighted by Crippen LogP contribution is 2.39. The van der Waals surface area contributed by atoms with Crippen molar-refractivity contribution in [1.82, 2.24) is 5.32 Å². The highest BCUT2D eigenvalue weighted by atomic mass is 19.4. The van der Waals surface area contributed by atoms with Crippen molar-refractivity contribution in [3.8, 4) is 22.6 Å². The van der Waals surface area contributed by atoms with Crippen molar-refractivity contribution >= 4 is 12.1 Å². The van der Waals surface area contributed by atoms with Gasteiger partial charge in [0.05, 0.1) is 29.8 Å². The highest BCUT2D eigenvalue weighted by molar-refractivity contribution is 5.72. The van der Waals surface area contributed by atoms with E-state index in [9.17, 15) is 41.4 Å². The van der Waals surface area contributed by atoms with E-state index in [-0.39, 0.29) is 49.5 Å². The zero-order valence-electron chi connectivity index (χ0n) is 30.9. The third kappa shape index (κ3) is 13.5. The van der Waals surface area contributed by atoms with Crippen LogP contribution in [0.4, 0.5) is 26.3 Å². The number of halogens is 6. The fourth-order valence-corrected chi connectivity index (χ4v) is 5.95. The minimum Gasteiger partial charge on any atom is -0.488 e. The number of hydrogen-bond acceptors (Lipinski definition) is 8. The van der Waals surface area contributed by atoms with Gasteiger partial charge in [0.2, 0.25) is 0 Å². The number of rotatable bonds is 17. The molecule has 2 atom stereocenters. The number of alkyl halides is 6. The van der Waals surface area contributed by atoms with E-state index in [1.165, 1.54) is 18.2 Å². The van der Waals surface area contributed by atoms with Crippen molar-refractivity contribution in [3.63, 3.8) is 0 Å². The standard InChI is InChI=1S/C40H43F6NO6.CO2/c1-24(48)7-4-8-27-13-15-36(34(17-27)39(41,42)43)52-22-29-9-5-11-32(25(29)2)33-12-6-10-30(26(33)3)23-53-37-16-14-28(18-35(37)40(44,45)46)20-47-21-31(49)19-38(50)51;2-1-3/h5-6,9-18,24,31,47-49H,4,7-8,19-23H2,1-3H3,(H,50,51);/t24-,31-;/m0./s1. The second-order valence-corrected chi connectivity index (χ2v) is 13.1. The molecule has 0 spiro atoms. The summed E-state index contributed by atoms with van der Waals surface area (Å²) in [4.78, 5) is 27.0. The lowest BCUT2D eigenvalue weighted by Gasteiger charge is -2.19. The number of aliphatic carboxylic acids is 1. The topological polar surface area (TPSA) is 142 Å². The van der Waals surface area contributed by atoms with Gasteiger partial charge in [-0.2, -0.15) is 35.9 Å². The quantitative estimate of drug-likeness (QED) is 0.0779. The van der Waals surface area contributed by atoms with Crippen LogP contribution in [0.15, 0.2) is 72.8 Å². The molecule has 0 aliphatic rings. The summed E-state index contributed by atoms with van der Waals surface area (Å²) in [5, 5.41) is 30.7. The first kappa shape index (κ1) is 45.2. The van der Waals surface area contributed by atoms with Crippen LogP contribution in [0, 0.1) is 13.8 Å². The molecule has 0 saturated heterocycles. The van der Waals surface area contributed by atoms with Crippen molar-refractivity contribution in [2.75, 3.05) is 6.54 Å². The van der Waals surface area contributed by atoms with Crippen molar-refractivity contribution in [2.24, 2.45) is 0 Å². The monoisotopic (exact) mass is 791 g/mol. The number of hydrogen-bond donors (Lipinski definition) is 4. The summed E-state index contributed by atoms with van der Waals surface area (Å²) in [5.74, 6) is -1.87. The number of nitrogens with one attached hydrogen (secondary N) is 1. The summed E-state index contributed by atoms with van der Waals surface area (Å²) in [5.41, 5.74) is 3.22. The van der Waals surface area contributed by atoms with Crippen LogP contribution in [0.2, 0.25) is 0 Å². The van der Waals surface area contributed by atoms with Gasteiger partial charge in [-0.3, -0.25) is 4.79 Å². The Bertz CT molecular complexity index is 1960. The molecule has 0 amide bonds. The molecule has 4 aromatic carbocycles. The fraction of sp³-hybridized carbons (Fsp3) is 0.366. The Hall–Kier alpha value is -5.21. The fourth-order valence-electron chi connectivity index (χ4n) is 5.95. The number of ether oxygens (including phenoxy) is 2. The molecular formula is C41H43F6NO8. The van der Waals surface area contributed by atoms with E-state index < -0.39 is 48.1 Å². The van der Waals surface area contributed by atoms with Crippen molar-refractivity contribution in [1.29, 1.82) is 0 Å². The van der Waals surface area contributed by atoms with E-state index in [0.717, 1.165) is 34.4 Å². The van der Waals surface area contributed by atoms with Gasteiger partial charge in [-0.15, -0.1) is 0 Å². The first-order chi connectivity index (χ1) is 26.3. The Morgan fingerprint density at radius 2 is 1.23 bits per heavy atom. The van der Waals surface area contributed by atoms with Crippen molar-refractivity contribution in [2.45, 2.75) is 90.8 Å². The average molecular weight is 792 g/mol. The summed E-state index contributed by atoms with van der Waals surface area (Å²) < 4.78 is 95.7. The summed E-state index contributed by atoms with van der Waals surface area (Å²) in [6.07, 6.45) is -9.94. The van der Waals surface area contributed by atoms with Gasteiger partial charge in [0.15, 0.2) is 0 Å². The summed E-state index contributed by atoms with van der Waals surface area (Å²) >= 11 is 0.